The highest BCUT2D eigenvalue weighted by atomic mass is 32.2. The topological polar surface area (TPSA) is 69.7 Å². The Labute approximate surface area is 133 Å². The third-order valence-electron chi connectivity index (χ3n) is 2.98. The Morgan fingerprint density at radius 1 is 1.00 bits per heavy atom. The van der Waals surface area contributed by atoms with Crippen LogP contribution in [0.3, 0.4) is 0 Å². The third kappa shape index (κ3) is 5.37. The fraction of sp³-hybridized carbons (Fsp3) is 0.188. The largest absolute Gasteiger partial charge is 0.469 e. The Balaban J connectivity index is 2.02. The molecule has 0 aliphatic rings. The summed E-state index contributed by atoms with van der Waals surface area (Å²) in [7, 11) is -2.56. The van der Waals surface area contributed by atoms with Crippen molar-refractivity contribution >= 4 is 16.1 Å². The van der Waals surface area contributed by atoms with Crippen molar-refractivity contribution < 1.29 is 26.5 Å². The van der Waals surface area contributed by atoms with Gasteiger partial charge in [0.2, 0.25) is 0 Å². The van der Waals surface area contributed by atoms with Crippen LogP contribution in [0.1, 0.15) is 11.1 Å². The first-order chi connectivity index (χ1) is 10.9. The molecule has 0 spiro atoms. The number of carbonyl (C=O) groups excluding carboxylic acids is 1. The summed E-state index contributed by atoms with van der Waals surface area (Å²) < 4.78 is 46.3. The van der Waals surface area contributed by atoms with E-state index in [2.05, 4.69) is 4.74 Å². The summed E-state index contributed by atoms with van der Waals surface area (Å²) >= 11 is 0. The van der Waals surface area contributed by atoms with Crippen LogP contribution in [0.4, 0.5) is 4.39 Å². The first-order valence-electron chi connectivity index (χ1n) is 6.70. The lowest BCUT2D eigenvalue weighted by Crippen LogP contribution is -2.12. The van der Waals surface area contributed by atoms with Gasteiger partial charge >= 0.3 is 16.1 Å². The minimum atomic E-state index is -3.86. The number of halogens is 1. The number of esters is 1. The lowest BCUT2D eigenvalue weighted by atomic mass is 10.1. The Morgan fingerprint density at radius 3 is 2.13 bits per heavy atom. The Bertz CT molecular complexity index is 767. The molecule has 0 saturated carbocycles. The molecule has 0 atom stereocenters. The summed E-state index contributed by atoms with van der Waals surface area (Å²) in [5.41, 5.74) is 1.11. The smallest absolute Gasteiger partial charge is 0.313 e. The molecule has 0 N–H and O–H groups in total. The van der Waals surface area contributed by atoms with Gasteiger partial charge in [0.25, 0.3) is 0 Å². The van der Waals surface area contributed by atoms with Crippen molar-refractivity contribution in [1.82, 2.24) is 0 Å². The van der Waals surface area contributed by atoms with E-state index in [1.54, 1.807) is 12.1 Å². The number of methoxy groups -OCH3 is 1. The maximum atomic E-state index is 12.8. The van der Waals surface area contributed by atoms with E-state index in [1.807, 2.05) is 0 Å². The van der Waals surface area contributed by atoms with E-state index in [-0.39, 0.29) is 23.9 Å². The molecule has 5 nitrogen and oxygen atoms in total. The van der Waals surface area contributed by atoms with Crippen LogP contribution < -0.4 is 4.18 Å². The van der Waals surface area contributed by atoms with Gasteiger partial charge in [0, 0.05) is 0 Å². The lowest BCUT2D eigenvalue weighted by molar-refractivity contribution is -0.139. The second kappa shape index (κ2) is 7.23. The number of benzene rings is 2. The zero-order valence-electron chi connectivity index (χ0n) is 12.4. The summed E-state index contributed by atoms with van der Waals surface area (Å²) in [6.45, 7) is 0. The molecule has 0 unspecified atom stereocenters. The Morgan fingerprint density at radius 2 is 1.57 bits per heavy atom. The quantitative estimate of drug-likeness (QED) is 0.598. The number of carbonyl (C=O) groups is 1. The molecule has 0 aromatic heterocycles. The van der Waals surface area contributed by atoms with Crippen molar-refractivity contribution in [2.45, 2.75) is 12.2 Å². The van der Waals surface area contributed by atoms with Crippen LogP contribution in [0.5, 0.6) is 5.75 Å². The van der Waals surface area contributed by atoms with Gasteiger partial charge in [-0.05, 0) is 35.4 Å². The van der Waals surface area contributed by atoms with Crippen LogP contribution in [0, 0.1) is 5.82 Å². The molecule has 0 aliphatic carbocycles. The summed E-state index contributed by atoms with van der Waals surface area (Å²) in [4.78, 5) is 11.1. The average molecular weight is 338 g/mol. The van der Waals surface area contributed by atoms with Gasteiger partial charge in [-0.15, -0.1) is 0 Å². The zero-order chi connectivity index (χ0) is 16.9. The van der Waals surface area contributed by atoms with E-state index >= 15 is 0 Å². The highest BCUT2D eigenvalue weighted by Gasteiger charge is 2.14. The summed E-state index contributed by atoms with van der Waals surface area (Å²) in [6.07, 6.45) is 0.0963. The highest BCUT2D eigenvalue weighted by molar-refractivity contribution is 7.86. The van der Waals surface area contributed by atoms with Crippen LogP contribution in [0.2, 0.25) is 0 Å². The number of ether oxygens (including phenoxy) is 1. The first kappa shape index (κ1) is 17.0. The van der Waals surface area contributed by atoms with Gasteiger partial charge in [-0.3, -0.25) is 4.79 Å². The zero-order valence-corrected chi connectivity index (χ0v) is 13.2. The highest BCUT2D eigenvalue weighted by Crippen LogP contribution is 2.17. The standard InChI is InChI=1S/C16H15FO5S/c1-21-16(18)10-12-4-8-15(9-5-12)22-23(19,20)11-13-2-6-14(17)7-3-13/h2-9H,10-11H2,1H3. The summed E-state index contributed by atoms with van der Waals surface area (Å²) in [5.74, 6) is -1.05. The summed E-state index contributed by atoms with van der Waals surface area (Å²) in [6, 6.07) is 11.2. The lowest BCUT2D eigenvalue weighted by Gasteiger charge is -2.08. The number of hydrogen-bond donors (Lipinski definition) is 0. The molecule has 0 saturated heterocycles. The number of rotatable bonds is 6. The van der Waals surface area contributed by atoms with E-state index in [0.29, 0.717) is 11.1 Å². The van der Waals surface area contributed by atoms with Crippen molar-refractivity contribution in [3.05, 3.63) is 65.5 Å². The third-order valence-corrected chi connectivity index (χ3v) is 4.11. The Hall–Kier alpha value is -2.41. The molecule has 7 heteroatoms. The molecule has 2 rings (SSSR count). The van der Waals surface area contributed by atoms with Crippen LogP contribution in [-0.4, -0.2) is 21.5 Å². The van der Waals surface area contributed by atoms with Crippen molar-refractivity contribution in [2.75, 3.05) is 7.11 Å². The predicted octanol–water partition coefficient (Wildman–Crippen LogP) is 2.45. The molecule has 0 heterocycles. The van der Waals surface area contributed by atoms with Gasteiger partial charge in [0.05, 0.1) is 13.5 Å². The second-order valence-electron chi connectivity index (χ2n) is 4.81. The van der Waals surface area contributed by atoms with Crippen molar-refractivity contribution in [1.29, 1.82) is 0 Å². The Kier molecular flexibility index (Phi) is 5.33. The normalized spacial score (nSPS) is 11.0. The van der Waals surface area contributed by atoms with Crippen molar-refractivity contribution in [2.24, 2.45) is 0 Å². The predicted molar refractivity (Wildman–Crippen MR) is 81.8 cm³/mol. The van der Waals surface area contributed by atoms with Crippen LogP contribution in [0.25, 0.3) is 0 Å². The van der Waals surface area contributed by atoms with E-state index in [9.17, 15) is 17.6 Å². The van der Waals surface area contributed by atoms with E-state index < -0.39 is 15.9 Å². The van der Waals surface area contributed by atoms with Gasteiger partial charge in [0.15, 0.2) is 0 Å². The van der Waals surface area contributed by atoms with Gasteiger partial charge in [-0.25, -0.2) is 4.39 Å². The minimum absolute atomic E-state index is 0.0963. The molecule has 0 radical (unpaired) electrons. The van der Waals surface area contributed by atoms with Crippen LogP contribution in [-0.2, 0) is 31.8 Å². The fourth-order valence-electron chi connectivity index (χ4n) is 1.86. The molecular formula is C16H15FO5S. The molecule has 122 valence electrons. The number of hydrogen-bond acceptors (Lipinski definition) is 5. The molecule has 0 bridgehead atoms. The molecule has 0 amide bonds. The summed E-state index contributed by atoms with van der Waals surface area (Å²) in [5, 5.41) is 0. The van der Waals surface area contributed by atoms with Crippen LogP contribution >= 0.6 is 0 Å². The van der Waals surface area contributed by atoms with Crippen molar-refractivity contribution in [3.63, 3.8) is 0 Å². The fourth-order valence-corrected chi connectivity index (χ4v) is 2.93. The molecule has 0 fully saturated rings. The maximum absolute atomic E-state index is 12.8. The van der Waals surface area contributed by atoms with E-state index in [1.165, 1.54) is 43.5 Å². The van der Waals surface area contributed by atoms with Crippen LogP contribution in [0.15, 0.2) is 48.5 Å². The van der Waals surface area contributed by atoms with Gasteiger partial charge in [-0.1, -0.05) is 24.3 Å². The van der Waals surface area contributed by atoms with Gasteiger partial charge in [-0.2, -0.15) is 8.42 Å². The SMILES string of the molecule is COC(=O)Cc1ccc(OS(=O)(=O)Cc2ccc(F)cc2)cc1. The minimum Gasteiger partial charge on any atom is -0.469 e. The first-order valence-corrected chi connectivity index (χ1v) is 8.28. The molecular weight excluding hydrogens is 323 g/mol. The van der Waals surface area contributed by atoms with E-state index in [0.717, 1.165) is 0 Å². The molecule has 2 aromatic carbocycles. The maximum Gasteiger partial charge on any atom is 0.313 e. The van der Waals surface area contributed by atoms with Crippen molar-refractivity contribution in [3.8, 4) is 5.75 Å². The molecule has 23 heavy (non-hydrogen) atoms. The average Bonchev–Trinajstić information content (AvgIpc) is 2.51. The monoisotopic (exact) mass is 338 g/mol. The van der Waals surface area contributed by atoms with Gasteiger partial charge in [0.1, 0.15) is 17.3 Å². The second-order valence-corrected chi connectivity index (χ2v) is 6.38. The molecule has 0 aliphatic heterocycles. The molecule has 2 aromatic rings. The van der Waals surface area contributed by atoms with Gasteiger partial charge < -0.3 is 8.92 Å². The van der Waals surface area contributed by atoms with E-state index in [4.69, 9.17) is 4.18 Å².